The number of anilines is 1. The molecule has 0 spiro atoms. The Morgan fingerprint density at radius 3 is 2.50 bits per heavy atom. The number of nitrogens with zero attached hydrogens (tertiary/aromatic N) is 2. The molecule has 1 aliphatic rings. The van der Waals surface area contributed by atoms with Gasteiger partial charge < -0.3 is 15.0 Å². The molecule has 1 fully saturated rings. The van der Waals surface area contributed by atoms with Crippen LogP contribution in [0.2, 0.25) is 0 Å². The highest BCUT2D eigenvalue weighted by Crippen LogP contribution is 2.21. The van der Waals surface area contributed by atoms with E-state index in [-0.39, 0.29) is 31.1 Å². The lowest BCUT2D eigenvalue weighted by Gasteiger charge is -2.33. The third-order valence-corrected chi connectivity index (χ3v) is 5.49. The van der Waals surface area contributed by atoms with E-state index >= 15 is 0 Å². The van der Waals surface area contributed by atoms with Crippen LogP contribution in [0.4, 0.5) is 10.5 Å². The highest BCUT2D eigenvalue weighted by atomic mass is 32.2. The Kier molecular flexibility index (Phi) is 5.58. The number of sulfonamides is 1. The van der Waals surface area contributed by atoms with E-state index in [2.05, 4.69) is 16.6 Å². The molecule has 1 aliphatic heterocycles. The first kappa shape index (κ1) is 18.0. The van der Waals surface area contributed by atoms with Gasteiger partial charge in [0, 0.05) is 31.9 Å². The van der Waals surface area contributed by atoms with Gasteiger partial charge in [0.15, 0.2) is 0 Å². The molecule has 0 bridgehead atoms. The van der Waals surface area contributed by atoms with Gasteiger partial charge in [-0.1, -0.05) is 12.6 Å². The van der Waals surface area contributed by atoms with Gasteiger partial charge in [0.2, 0.25) is 15.9 Å². The molecule has 0 saturated carbocycles. The Labute approximate surface area is 140 Å². The van der Waals surface area contributed by atoms with E-state index in [4.69, 9.17) is 0 Å². The van der Waals surface area contributed by atoms with Crippen LogP contribution < -0.4 is 5.32 Å². The molecule has 9 heteroatoms. The van der Waals surface area contributed by atoms with Crippen LogP contribution in [-0.2, 0) is 19.6 Å². The number of benzene rings is 1. The SMILES string of the molecule is C=CC(=O)Nc1cccc(S(=O)(=O)N2CCN(C(=O)OC)CC2)c1. The Morgan fingerprint density at radius 2 is 1.92 bits per heavy atom. The summed E-state index contributed by atoms with van der Waals surface area (Å²) in [6.07, 6.45) is 0.633. The molecule has 1 heterocycles. The quantitative estimate of drug-likeness (QED) is 0.811. The van der Waals surface area contributed by atoms with E-state index < -0.39 is 22.0 Å². The van der Waals surface area contributed by atoms with Crippen LogP contribution in [0.1, 0.15) is 0 Å². The molecule has 0 atom stereocenters. The van der Waals surface area contributed by atoms with Crippen LogP contribution in [0.25, 0.3) is 0 Å². The molecule has 130 valence electrons. The fourth-order valence-corrected chi connectivity index (χ4v) is 3.79. The van der Waals surface area contributed by atoms with Gasteiger partial charge in [0.25, 0.3) is 0 Å². The van der Waals surface area contributed by atoms with Crippen molar-refractivity contribution in [2.45, 2.75) is 4.90 Å². The molecule has 0 aromatic heterocycles. The molecule has 24 heavy (non-hydrogen) atoms. The van der Waals surface area contributed by atoms with E-state index in [9.17, 15) is 18.0 Å². The standard InChI is InChI=1S/C15H19N3O5S/c1-3-14(19)16-12-5-4-6-13(11-12)24(21,22)18-9-7-17(8-10-18)15(20)23-2/h3-6,11H,1,7-10H2,2H3,(H,16,19). The number of hydrogen-bond donors (Lipinski definition) is 1. The Balaban J connectivity index is 2.13. The average Bonchev–Trinajstić information content (AvgIpc) is 2.61. The first-order chi connectivity index (χ1) is 11.4. The van der Waals surface area contributed by atoms with Crippen molar-refractivity contribution >= 4 is 27.7 Å². The molecule has 8 nitrogen and oxygen atoms in total. The summed E-state index contributed by atoms with van der Waals surface area (Å²) in [4.78, 5) is 24.3. The summed E-state index contributed by atoms with van der Waals surface area (Å²) in [6, 6.07) is 6.00. The number of hydrogen-bond acceptors (Lipinski definition) is 5. The average molecular weight is 353 g/mol. The van der Waals surface area contributed by atoms with Crippen molar-refractivity contribution in [3.8, 4) is 0 Å². The summed E-state index contributed by atoms with van der Waals surface area (Å²) in [7, 11) is -2.42. The van der Waals surface area contributed by atoms with E-state index in [1.54, 1.807) is 12.1 Å². The minimum Gasteiger partial charge on any atom is -0.453 e. The zero-order chi connectivity index (χ0) is 17.7. The summed E-state index contributed by atoms with van der Waals surface area (Å²) in [5.74, 6) is -0.420. The number of piperazine rings is 1. The number of carbonyl (C=O) groups excluding carboxylic acids is 2. The lowest BCUT2D eigenvalue weighted by atomic mass is 10.3. The lowest BCUT2D eigenvalue weighted by molar-refractivity contribution is -0.111. The maximum absolute atomic E-state index is 12.7. The van der Waals surface area contributed by atoms with Crippen molar-refractivity contribution in [3.63, 3.8) is 0 Å². The Morgan fingerprint density at radius 1 is 1.25 bits per heavy atom. The lowest BCUT2D eigenvalue weighted by Crippen LogP contribution is -2.50. The molecule has 0 aliphatic carbocycles. The summed E-state index contributed by atoms with van der Waals surface area (Å²) >= 11 is 0. The number of methoxy groups -OCH3 is 1. The van der Waals surface area contributed by atoms with Gasteiger partial charge in [0.1, 0.15) is 0 Å². The van der Waals surface area contributed by atoms with Gasteiger partial charge in [-0.05, 0) is 24.3 Å². The van der Waals surface area contributed by atoms with E-state index in [0.717, 1.165) is 6.08 Å². The fraction of sp³-hybridized carbons (Fsp3) is 0.333. The number of carbonyl (C=O) groups is 2. The van der Waals surface area contributed by atoms with Crippen molar-refractivity contribution in [3.05, 3.63) is 36.9 Å². The van der Waals surface area contributed by atoms with E-state index in [1.165, 1.54) is 28.4 Å². The largest absolute Gasteiger partial charge is 0.453 e. The maximum Gasteiger partial charge on any atom is 0.409 e. The molecule has 1 saturated heterocycles. The topological polar surface area (TPSA) is 96.0 Å². The van der Waals surface area contributed by atoms with Gasteiger partial charge in [-0.15, -0.1) is 0 Å². The molecule has 2 rings (SSSR count). The summed E-state index contributed by atoms with van der Waals surface area (Å²) in [6.45, 7) is 4.24. The van der Waals surface area contributed by atoms with Crippen molar-refractivity contribution in [2.75, 3.05) is 38.6 Å². The Hall–Kier alpha value is -2.39. The third kappa shape index (κ3) is 3.92. The zero-order valence-electron chi connectivity index (χ0n) is 13.3. The first-order valence-electron chi connectivity index (χ1n) is 7.25. The van der Waals surface area contributed by atoms with E-state index in [0.29, 0.717) is 5.69 Å². The maximum atomic E-state index is 12.7. The van der Waals surface area contributed by atoms with Crippen LogP contribution in [0, 0.1) is 0 Å². The van der Waals surface area contributed by atoms with Gasteiger partial charge in [0.05, 0.1) is 12.0 Å². The monoisotopic (exact) mass is 353 g/mol. The van der Waals surface area contributed by atoms with Crippen LogP contribution in [0.15, 0.2) is 41.8 Å². The first-order valence-corrected chi connectivity index (χ1v) is 8.69. The molecule has 0 unspecified atom stereocenters. The van der Waals surface area contributed by atoms with Crippen molar-refractivity contribution in [2.24, 2.45) is 0 Å². The van der Waals surface area contributed by atoms with Crippen LogP contribution >= 0.6 is 0 Å². The van der Waals surface area contributed by atoms with Crippen LogP contribution in [0.3, 0.4) is 0 Å². The van der Waals surface area contributed by atoms with Crippen molar-refractivity contribution < 1.29 is 22.7 Å². The molecule has 1 aromatic rings. The number of rotatable bonds is 4. The molecule has 1 N–H and O–H groups in total. The molecular weight excluding hydrogens is 334 g/mol. The van der Waals surface area contributed by atoms with E-state index in [1.807, 2.05) is 0 Å². The van der Waals surface area contributed by atoms with Gasteiger partial charge in [-0.2, -0.15) is 4.31 Å². The normalized spacial score (nSPS) is 15.6. The predicted molar refractivity (Wildman–Crippen MR) is 88.0 cm³/mol. The highest BCUT2D eigenvalue weighted by Gasteiger charge is 2.30. The minimum atomic E-state index is -3.71. The van der Waals surface area contributed by atoms with Crippen LogP contribution in [0.5, 0.6) is 0 Å². The van der Waals surface area contributed by atoms with Gasteiger partial charge >= 0.3 is 6.09 Å². The van der Waals surface area contributed by atoms with Gasteiger partial charge in [-0.3, -0.25) is 4.79 Å². The number of amides is 2. The molecule has 1 aromatic carbocycles. The zero-order valence-corrected chi connectivity index (χ0v) is 14.1. The smallest absolute Gasteiger partial charge is 0.409 e. The number of nitrogens with one attached hydrogen (secondary N) is 1. The number of ether oxygens (including phenoxy) is 1. The Bertz CT molecular complexity index is 739. The molecule has 0 radical (unpaired) electrons. The second kappa shape index (κ2) is 7.45. The third-order valence-electron chi connectivity index (χ3n) is 3.60. The van der Waals surface area contributed by atoms with Crippen LogP contribution in [-0.4, -0.2) is 62.9 Å². The molecule has 2 amide bonds. The minimum absolute atomic E-state index is 0.0795. The fourth-order valence-electron chi connectivity index (χ4n) is 2.32. The second-order valence-electron chi connectivity index (χ2n) is 5.08. The molecular formula is C15H19N3O5S. The second-order valence-corrected chi connectivity index (χ2v) is 7.02. The summed E-state index contributed by atoms with van der Waals surface area (Å²) < 4.78 is 31.3. The van der Waals surface area contributed by atoms with Crippen molar-refractivity contribution in [1.29, 1.82) is 0 Å². The summed E-state index contributed by atoms with van der Waals surface area (Å²) in [5.41, 5.74) is 0.370. The van der Waals surface area contributed by atoms with Gasteiger partial charge in [-0.25, -0.2) is 13.2 Å². The summed E-state index contributed by atoms with van der Waals surface area (Å²) in [5, 5.41) is 2.53. The van der Waals surface area contributed by atoms with Crippen molar-refractivity contribution in [1.82, 2.24) is 9.21 Å². The predicted octanol–water partition coefficient (Wildman–Crippen LogP) is 0.884. The highest BCUT2D eigenvalue weighted by molar-refractivity contribution is 7.89.